The van der Waals surface area contributed by atoms with E-state index in [2.05, 4.69) is 15.8 Å². The van der Waals surface area contributed by atoms with E-state index >= 15 is 0 Å². The van der Waals surface area contributed by atoms with Crippen molar-refractivity contribution in [2.75, 3.05) is 0 Å². The Balaban J connectivity index is 2.01. The quantitative estimate of drug-likeness (QED) is 0.282. The zero-order valence-electron chi connectivity index (χ0n) is 13.3. The molecule has 0 bridgehead atoms. The predicted molar refractivity (Wildman–Crippen MR) is 94.1 cm³/mol. The number of carboxylic acid groups (broad SMARTS) is 1. The highest BCUT2D eigenvalue weighted by atomic mass is 16.4. The van der Waals surface area contributed by atoms with Crippen LogP contribution in [-0.2, 0) is 11.2 Å². The van der Waals surface area contributed by atoms with Gasteiger partial charge in [-0.2, -0.15) is 0 Å². The maximum atomic E-state index is 12.2. The van der Waals surface area contributed by atoms with Gasteiger partial charge in [-0.05, 0) is 23.8 Å². The van der Waals surface area contributed by atoms with E-state index in [0.717, 1.165) is 5.56 Å². The van der Waals surface area contributed by atoms with Crippen molar-refractivity contribution in [1.29, 1.82) is 0 Å². The van der Waals surface area contributed by atoms with Crippen molar-refractivity contribution in [3.8, 4) is 0 Å². The number of carbonyl (C=O) groups excluding carboxylic acids is 1. The van der Waals surface area contributed by atoms with Crippen molar-refractivity contribution in [3.63, 3.8) is 0 Å². The van der Waals surface area contributed by atoms with E-state index in [1.54, 1.807) is 18.2 Å². The van der Waals surface area contributed by atoms with Gasteiger partial charge in [0.15, 0.2) is 5.96 Å². The summed E-state index contributed by atoms with van der Waals surface area (Å²) in [5.41, 5.74) is 17.1. The molecule has 25 heavy (non-hydrogen) atoms. The number of nitrogens with two attached hydrogens (primary N) is 2. The maximum Gasteiger partial charge on any atom is 0.322 e. The summed E-state index contributed by atoms with van der Waals surface area (Å²) in [6.45, 7) is 0. The van der Waals surface area contributed by atoms with E-state index in [9.17, 15) is 14.7 Å². The Morgan fingerprint density at radius 1 is 1.08 bits per heavy atom. The highest BCUT2D eigenvalue weighted by Crippen LogP contribution is 2.13. The summed E-state index contributed by atoms with van der Waals surface area (Å²) in [5.74, 6) is -1.69. The number of carbonyl (C=O) groups is 2. The Morgan fingerprint density at radius 2 is 1.80 bits per heavy atom. The van der Waals surface area contributed by atoms with E-state index in [0.29, 0.717) is 11.3 Å². The summed E-state index contributed by atoms with van der Waals surface area (Å²) in [7, 11) is 0. The van der Waals surface area contributed by atoms with E-state index in [1.807, 2.05) is 30.3 Å². The van der Waals surface area contributed by atoms with Crippen LogP contribution in [0.25, 0.3) is 0 Å². The van der Waals surface area contributed by atoms with Crippen molar-refractivity contribution in [2.24, 2.45) is 16.5 Å². The lowest BCUT2D eigenvalue weighted by Gasteiger charge is -2.15. The van der Waals surface area contributed by atoms with Gasteiger partial charge >= 0.3 is 5.97 Å². The summed E-state index contributed by atoms with van der Waals surface area (Å²) in [5, 5.41) is 9.30. The average molecular weight is 341 g/mol. The minimum atomic E-state index is -1.07. The van der Waals surface area contributed by atoms with Gasteiger partial charge < -0.3 is 16.6 Å². The Kier molecular flexibility index (Phi) is 6.08. The van der Waals surface area contributed by atoms with Crippen LogP contribution >= 0.6 is 0 Å². The summed E-state index contributed by atoms with van der Waals surface area (Å²) in [6, 6.07) is 14.5. The van der Waals surface area contributed by atoms with Gasteiger partial charge in [0, 0.05) is 12.0 Å². The van der Waals surface area contributed by atoms with Gasteiger partial charge in [-0.3, -0.25) is 15.0 Å². The fraction of sp³-hybridized carbons (Fsp3) is 0.118. The lowest BCUT2D eigenvalue weighted by Crippen LogP contribution is -2.49. The van der Waals surface area contributed by atoms with E-state index in [4.69, 9.17) is 11.5 Å². The highest BCUT2D eigenvalue weighted by molar-refractivity contribution is 5.95. The summed E-state index contributed by atoms with van der Waals surface area (Å²) in [4.78, 5) is 27.4. The summed E-state index contributed by atoms with van der Waals surface area (Å²) in [6.07, 6.45) is 0.227. The predicted octanol–water partition coefficient (Wildman–Crippen LogP) is 0.522. The van der Waals surface area contributed by atoms with Crippen LogP contribution in [-0.4, -0.2) is 29.0 Å². The lowest BCUT2D eigenvalue weighted by molar-refractivity contribution is -0.139. The monoisotopic (exact) mass is 341 g/mol. The molecular weight excluding hydrogens is 322 g/mol. The number of hydrogen-bond donors (Lipinski definition) is 5. The molecule has 8 heteroatoms. The first-order chi connectivity index (χ1) is 12.0. The number of rotatable bonds is 7. The van der Waals surface area contributed by atoms with Gasteiger partial charge in [0.1, 0.15) is 6.04 Å². The zero-order chi connectivity index (χ0) is 18.2. The van der Waals surface area contributed by atoms with Crippen LogP contribution in [0.15, 0.2) is 59.6 Å². The number of guanidine groups is 1. The van der Waals surface area contributed by atoms with Crippen LogP contribution in [0.4, 0.5) is 5.69 Å². The van der Waals surface area contributed by atoms with Crippen molar-refractivity contribution < 1.29 is 14.7 Å². The Bertz CT molecular complexity index is 773. The third-order valence-corrected chi connectivity index (χ3v) is 3.31. The van der Waals surface area contributed by atoms with E-state index in [-0.39, 0.29) is 12.4 Å². The molecule has 8 nitrogen and oxygen atoms in total. The molecular formula is C17H19N5O3. The number of hydrazine groups is 1. The molecule has 1 atom stereocenters. The number of hydrogen-bond acceptors (Lipinski definition) is 4. The molecule has 0 saturated carbocycles. The second kappa shape index (κ2) is 8.46. The molecule has 0 heterocycles. The molecule has 2 aromatic carbocycles. The second-order valence-corrected chi connectivity index (χ2v) is 5.27. The largest absolute Gasteiger partial charge is 0.480 e. The molecule has 0 radical (unpaired) electrons. The third-order valence-electron chi connectivity index (χ3n) is 3.31. The number of nitrogens with zero attached hydrogens (tertiary/aromatic N) is 1. The lowest BCUT2D eigenvalue weighted by atomic mass is 10.1. The minimum absolute atomic E-state index is 0.121. The molecule has 0 aliphatic heterocycles. The van der Waals surface area contributed by atoms with Gasteiger partial charge in [0.05, 0.1) is 5.69 Å². The number of carboxylic acids is 1. The fourth-order valence-corrected chi connectivity index (χ4v) is 2.14. The van der Waals surface area contributed by atoms with Crippen LogP contribution in [0, 0.1) is 0 Å². The molecule has 2 rings (SSSR count). The molecule has 0 saturated heterocycles. The third kappa shape index (κ3) is 5.63. The van der Waals surface area contributed by atoms with Gasteiger partial charge in [0.2, 0.25) is 0 Å². The van der Waals surface area contributed by atoms with Crippen molar-refractivity contribution in [1.82, 2.24) is 10.9 Å². The Hall–Kier alpha value is -3.39. The second-order valence-electron chi connectivity index (χ2n) is 5.27. The standard InChI is InChI=1S/C17H19N5O3/c18-17(19)20-13-8-4-7-12(10-13)15(23)22-21-14(16(24)25)9-11-5-2-1-3-6-11/h1-8,10,14,21H,9H2,(H,22,23)(H,24,25)(H4,18,19,20)/t14-/m0/s1. The minimum Gasteiger partial charge on any atom is -0.480 e. The Labute approximate surface area is 144 Å². The molecule has 0 aliphatic rings. The number of aliphatic carboxylic acids is 1. The number of nitrogens with one attached hydrogen (secondary N) is 2. The molecule has 1 amide bonds. The van der Waals surface area contributed by atoms with Crippen LogP contribution in [0.3, 0.4) is 0 Å². The summed E-state index contributed by atoms with van der Waals surface area (Å²) >= 11 is 0. The SMILES string of the molecule is NC(N)=Nc1cccc(C(=O)NN[C@@H](Cc2ccccc2)C(=O)O)c1. The molecule has 0 unspecified atom stereocenters. The highest BCUT2D eigenvalue weighted by Gasteiger charge is 2.18. The van der Waals surface area contributed by atoms with Gasteiger partial charge in [-0.1, -0.05) is 36.4 Å². The molecule has 7 N–H and O–H groups in total. The molecule has 0 fully saturated rings. The topological polar surface area (TPSA) is 143 Å². The van der Waals surface area contributed by atoms with E-state index in [1.165, 1.54) is 6.07 Å². The zero-order valence-corrected chi connectivity index (χ0v) is 13.3. The number of benzene rings is 2. The van der Waals surface area contributed by atoms with E-state index < -0.39 is 17.9 Å². The summed E-state index contributed by atoms with van der Waals surface area (Å²) < 4.78 is 0. The van der Waals surface area contributed by atoms with Gasteiger partial charge in [-0.15, -0.1) is 0 Å². The van der Waals surface area contributed by atoms with Crippen LogP contribution in [0.2, 0.25) is 0 Å². The van der Waals surface area contributed by atoms with Crippen LogP contribution in [0.5, 0.6) is 0 Å². The molecule has 0 aliphatic carbocycles. The molecule has 0 spiro atoms. The van der Waals surface area contributed by atoms with Crippen molar-refractivity contribution in [2.45, 2.75) is 12.5 Å². The first-order valence-electron chi connectivity index (χ1n) is 7.48. The molecule has 2 aromatic rings. The Morgan fingerprint density at radius 3 is 2.44 bits per heavy atom. The molecule has 130 valence electrons. The van der Waals surface area contributed by atoms with Crippen LogP contribution in [0.1, 0.15) is 15.9 Å². The number of amides is 1. The smallest absolute Gasteiger partial charge is 0.322 e. The average Bonchev–Trinajstić information content (AvgIpc) is 2.58. The fourth-order valence-electron chi connectivity index (χ4n) is 2.14. The van der Waals surface area contributed by atoms with Crippen molar-refractivity contribution in [3.05, 3.63) is 65.7 Å². The maximum absolute atomic E-state index is 12.2. The first kappa shape index (κ1) is 18.0. The normalized spacial score (nSPS) is 11.4. The molecule has 0 aromatic heterocycles. The van der Waals surface area contributed by atoms with Gasteiger partial charge in [0.25, 0.3) is 5.91 Å². The van der Waals surface area contributed by atoms with Gasteiger partial charge in [-0.25, -0.2) is 10.4 Å². The number of aliphatic imine (C=N–C) groups is 1. The van der Waals surface area contributed by atoms with Crippen molar-refractivity contribution >= 4 is 23.5 Å². The van der Waals surface area contributed by atoms with Crippen LogP contribution < -0.4 is 22.3 Å². The first-order valence-corrected chi connectivity index (χ1v) is 7.48.